The maximum absolute atomic E-state index is 13.3. The van der Waals surface area contributed by atoms with Crippen LogP contribution in [-0.2, 0) is 19.5 Å². The van der Waals surface area contributed by atoms with Crippen molar-refractivity contribution < 1.29 is 27.6 Å². The maximum atomic E-state index is 13.3. The summed E-state index contributed by atoms with van der Waals surface area (Å²) in [6, 6.07) is 12.7. The van der Waals surface area contributed by atoms with E-state index in [0.29, 0.717) is 32.2 Å². The number of hydrogen-bond acceptors (Lipinski definition) is 8. The van der Waals surface area contributed by atoms with Gasteiger partial charge in [0, 0.05) is 15.7 Å². The van der Waals surface area contributed by atoms with Gasteiger partial charge in [0.05, 0.1) is 33.4 Å². The fourth-order valence-corrected chi connectivity index (χ4v) is 4.54. The Bertz CT molecular complexity index is 1600. The summed E-state index contributed by atoms with van der Waals surface area (Å²) in [6.07, 6.45) is 0. The fraction of sp³-hybridized carbons (Fsp3) is 0. The molecule has 0 amide bonds. The summed E-state index contributed by atoms with van der Waals surface area (Å²) < 4.78 is 38.1. The van der Waals surface area contributed by atoms with E-state index in [9.17, 15) is 17.8 Å². The molecule has 0 saturated carbocycles. The highest BCUT2D eigenvalue weighted by atomic mass is 32.2. The monoisotopic (exact) mass is 430 g/mol. The molecular formula is C18H10N2O7S2. The Morgan fingerprint density at radius 3 is 2.66 bits per heavy atom. The Labute approximate surface area is 166 Å². The van der Waals surface area contributed by atoms with Crippen molar-refractivity contribution in [1.82, 2.24) is 9.38 Å². The minimum absolute atomic E-state index is 0.264. The molecule has 0 atom stereocenters. The van der Waals surface area contributed by atoms with Gasteiger partial charge in [0.25, 0.3) is 15.7 Å². The van der Waals surface area contributed by atoms with Crippen molar-refractivity contribution in [2.75, 3.05) is 0 Å². The third-order valence-electron chi connectivity index (χ3n) is 4.71. The predicted molar refractivity (Wildman–Crippen MR) is 106 cm³/mol. The Morgan fingerprint density at radius 2 is 1.90 bits per heavy atom. The number of nitrogens with zero attached hydrogens (tertiary/aromatic N) is 2. The van der Waals surface area contributed by atoms with Crippen LogP contribution in [0.5, 0.6) is 0 Å². The Hall–Kier alpha value is -2.80. The van der Waals surface area contributed by atoms with Crippen LogP contribution >= 0.6 is 12.0 Å². The molecule has 0 unspecified atom stereocenters. The average Bonchev–Trinajstić information content (AvgIpc) is 3.08. The molecule has 146 valence electrons. The molecule has 0 radical (unpaired) electrons. The predicted octanol–water partition coefficient (Wildman–Crippen LogP) is 3.27. The summed E-state index contributed by atoms with van der Waals surface area (Å²) >= 11 is 0.745. The van der Waals surface area contributed by atoms with E-state index in [4.69, 9.17) is 5.26 Å². The van der Waals surface area contributed by atoms with Gasteiger partial charge in [-0.3, -0.25) is 13.7 Å². The number of benzene rings is 3. The molecule has 0 aliphatic rings. The minimum Gasteiger partial charge on any atom is -0.282 e. The number of pyridine rings is 1. The van der Waals surface area contributed by atoms with Crippen LogP contribution in [0.3, 0.4) is 0 Å². The zero-order valence-corrected chi connectivity index (χ0v) is 15.9. The van der Waals surface area contributed by atoms with E-state index in [-0.39, 0.29) is 16.0 Å². The molecule has 0 bridgehead atoms. The first-order chi connectivity index (χ1) is 13.9. The molecule has 2 aromatic heterocycles. The summed E-state index contributed by atoms with van der Waals surface area (Å²) in [5.74, 6) is 0. The molecular weight excluding hydrogens is 420 g/mol. The van der Waals surface area contributed by atoms with Gasteiger partial charge < -0.3 is 0 Å². The molecule has 9 nitrogen and oxygen atoms in total. The lowest BCUT2D eigenvalue weighted by Gasteiger charge is -2.09. The van der Waals surface area contributed by atoms with Crippen molar-refractivity contribution in [3.05, 3.63) is 58.9 Å². The molecule has 0 spiro atoms. The van der Waals surface area contributed by atoms with Crippen LogP contribution in [0.1, 0.15) is 0 Å². The maximum Gasteiger partial charge on any atom is 0.294 e. The standard InChI is InChI=1S/C18H10N2O7S2/c21-18-13-7-10(28-27-26-22)6-9-2-1-3-12(16(9)13)17-19-14-8-11(29(23,24)25)4-5-15(14)20(17)18/h1-8,22H,(H,23,24,25). The Morgan fingerprint density at radius 1 is 1.07 bits per heavy atom. The van der Waals surface area contributed by atoms with Gasteiger partial charge in [0.2, 0.25) is 0 Å². The van der Waals surface area contributed by atoms with Gasteiger partial charge in [-0.1, -0.05) is 23.2 Å². The Kier molecular flexibility index (Phi) is 4.00. The first-order valence-electron chi connectivity index (χ1n) is 8.15. The van der Waals surface area contributed by atoms with E-state index in [0.717, 1.165) is 17.4 Å². The largest absolute Gasteiger partial charge is 0.294 e. The third kappa shape index (κ3) is 2.75. The van der Waals surface area contributed by atoms with Crippen LogP contribution in [0, 0.1) is 0 Å². The molecule has 2 N–H and O–H groups in total. The molecule has 5 aromatic rings. The summed E-state index contributed by atoms with van der Waals surface area (Å²) in [6.45, 7) is 0. The summed E-state index contributed by atoms with van der Waals surface area (Å²) in [4.78, 5) is 18.0. The van der Waals surface area contributed by atoms with Crippen LogP contribution in [0.25, 0.3) is 38.2 Å². The van der Waals surface area contributed by atoms with Gasteiger partial charge in [0.15, 0.2) is 0 Å². The smallest absolute Gasteiger partial charge is 0.282 e. The van der Waals surface area contributed by atoms with Crippen LogP contribution < -0.4 is 5.56 Å². The average molecular weight is 430 g/mol. The van der Waals surface area contributed by atoms with E-state index < -0.39 is 10.1 Å². The van der Waals surface area contributed by atoms with Crippen molar-refractivity contribution >= 4 is 60.4 Å². The normalized spacial score (nSPS) is 12.6. The zero-order valence-electron chi connectivity index (χ0n) is 14.3. The first-order valence-corrected chi connectivity index (χ1v) is 10.3. The summed E-state index contributed by atoms with van der Waals surface area (Å²) in [5, 5.41) is 14.6. The fourth-order valence-electron chi connectivity index (χ4n) is 3.59. The number of rotatable bonds is 4. The molecule has 0 aliphatic heterocycles. The number of hydrogen-bond donors (Lipinski definition) is 2. The van der Waals surface area contributed by atoms with Crippen molar-refractivity contribution in [1.29, 1.82) is 0 Å². The quantitative estimate of drug-likeness (QED) is 0.191. The molecule has 29 heavy (non-hydrogen) atoms. The van der Waals surface area contributed by atoms with E-state index in [2.05, 4.69) is 14.4 Å². The van der Waals surface area contributed by atoms with Crippen LogP contribution in [0.15, 0.2) is 63.1 Å². The second-order valence-corrected chi connectivity index (χ2v) is 8.50. The van der Waals surface area contributed by atoms with E-state index in [1.165, 1.54) is 22.6 Å². The lowest BCUT2D eigenvalue weighted by atomic mass is 10.0. The van der Waals surface area contributed by atoms with Gasteiger partial charge in [0.1, 0.15) is 5.65 Å². The van der Waals surface area contributed by atoms with Crippen molar-refractivity contribution in [3.8, 4) is 0 Å². The second-order valence-electron chi connectivity index (χ2n) is 6.30. The number of fused-ring (bicyclic) bond motifs is 4. The molecule has 2 heterocycles. The molecule has 3 aromatic carbocycles. The van der Waals surface area contributed by atoms with Gasteiger partial charge >= 0.3 is 0 Å². The number of aromatic nitrogens is 2. The van der Waals surface area contributed by atoms with E-state index in [1.54, 1.807) is 12.1 Å². The summed E-state index contributed by atoms with van der Waals surface area (Å²) in [7, 11) is -4.40. The zero-order chi connectivity index (χ0) is 20.3. The van der Waals surface area contributed by atoms with Gasteiger partial charge in [-0.05, 0) is 35.7 Å². The van der Waals surface area contributed by atoms with Crippen LogP contribution in [-0.4, -0.2) is 27.6 Å². The van der Waals surface area contributed by atoms with Gasteiger partial charge in [-0.2, -0.15) is 8.42 Å². The highest BCUT2D eigenvalue weighted by Gasteiger charge is 2.19. The number of imidazole rings is 1. The molecule has 0 saturated heterocycles. The lowest BCUT2D eigenvalue weighted by molar-refractivity contribution is -0.432. The minimum atomic E-state index is -4.40. The van der Waals surface area contributed by atoms with Crippen LogP contribution in [0.2, 0.25) is 0 Å². The van der Waals surface area contributed by atoms with E-state index in [1.807, 2.05) is 18.2 Å². The van der Waals surface area contributed by atoms with Gasteiger partial charge in [-0.25, -0.2) is 10.2 Å². The van der Waals surface area contributed by atoms with Crippen molar-refractivity contribution in [2.45, 2.75) is 9.79 Å². The Balaban J connectivity index is 1.94. The van der Waals surface area contributed by atoms with Crippen LogP contribution in [0.4, 0.5) is 0 Å². The van der Waals surface area contributed by atoms with E-state index >= 15 is 0 Å². The molecule has 0 aliphatic carbocycles. The third-order valence-corrected chi connectivity index (χ3v) is 6.12. The SMILES string of the molecule is O=c1c2cc(SOOO)cc3cccc(c32)c2nc3cc(S(=O)(=O)O)ccc3n12. The molecule has 5 rings (SSSR count). The second kappa shape index (κ2) is 6.35. The van der Waals surface area contributed by atoms with Crippen molar-refractivity contribution in [2.24, 2.45) is 0 Å². The molecule has 11 heteroatoms. The molecule has 0 fully saturated rings. The topological polar surface area (TPSA) is 127 Å². The highest BCUT2D eigenvalue weighted by molar-refractivity contribution is 7.94. The first kappa shape index (κ1) is 18.2. The summed E-state index contributed by atoms with van der Waals surface area (Å²) in [5.41, 5.74) is 0.706. The lowest BCUT2D eigenvalue weighted by Crippen LogP contribution is -2.13. The van der Waals surface area contributed by atoms with Crippen molar-refractivity contribution in [3.63, 3.8) is 0 Å². The van der Waals surface area contributed by atoms with Gasteiger partial charge in [-0.15, -0.1) is 4.33 Å². The highest BCUT2D eigenvalue weighted by Crippen LogP contribution is 2.33.